The predicted octanol–water partition coefficient (Wildman–Crippen LogP) is 5.11. The summed E-state index contributed by atoms with van der Waals surface area (Å²) in [6.45, 7) is 6.95. The number of rotatable bonds is 6. The van der Waals surface area contributed by atoms with Gasteiger partial charge in [0.2, 0.25) is 0 Å². The zero-order valence-electron chi connectivity index (χ0n) is 12.1. The summed E-state index contributed by atoms with van der Waals surface area (Å²) in [4.78, 5) is 1.55. The van der Waals surface area contributed by atoms with Crippen molar-refractivity contribution < 1.29 is 0 Å². The second-order valence-corrected chi connectivity index (χ2v) is 8.20. The van der Waals surface area contributed by atoms with Crippen LogP contribution in [0.1, 0.15) is 44.4 Å². The molecular formula is C16H26BrNS. The molecule has 1 aliphatic carbocycles. The lowest BCUT2D eigenvalue weighted by molar-refractivity contribution is 0.227. The summed E-state index contributed by atoms with van der Waals surface area (Å²) in [5, 5.41) is 5.88. The Morgan fingerprint density at radius 3 is 2.68 bits per heavy atom. The van der Waals surface area contributed by atoms with Gasteiger partial charge in [0.1, 0.15) is 0 Å². The Morgan fingerprint density at radius 1 is 1.32 bits per heavy atom. The SMILES string of the molecule is CC(C)CNCC1CCCCC1Cc1cc(Br)cs1. The number of thiophene rings is 1. The monoisotopic (exact) mass is 343 g/mol. The molecule has 2 atom stereocenters. The first-order valence-electron chi connectivity index (χ1n) is 7.58. The highest BCUT2D eigenvalue weighted by Gasteiger charge is 2.25. The molecule has 1 aliphatic rings. The standard InChI is InChI=1S/C16H26BrNS/c1-12(2)9-18-10-14-6-4-3-5-13(14)7-16-8-15(17)11-19-16/h8,11-14,18H,3-7,9-10H2,1-2H3. The molecule has 2 rings (SSSR count). The molecule has 1 aromatic rings. The summed E-state index contributed by atoms with van der Waals surface area (Å²) in [5.74, 6) is 2.53. The molecule has 1 saturated carbocycles. The first-order chi connectivity index (χ1) is 9.15. The highest BCUT2D eigenvalue weighted by Crippen LogP contribution is 2.34. The Labute approximate surface area is 130 Å². The molecule has 1 N–H and O–H groups in total. The normalized spacial score (nSPS) is 24.0. The highest BCUT2D eigenvalue weighted by molar-refractivity contribution is 9.10. The maximum atomic E-state index is 3.67. The van der Waals surface area contributed by atoms with E-state index in [1.807, 2.05) is 11.3 Å². The van der Waals surface area contributed by atoms with Crippen molar-refractivity contribution in [2.45, 2.75) is 46.0 Å². The van der Waals surface area contributed by atoms with Gasteiger partial charge in [-0.2, -0.15) is 0 Å². The third kappa shape index (κ3) is 5.20. The zero-order valence-corrected chi connectivity index (χ0v) is 14.5. The Kier molecular flexibility index (Phi) is 6.37. The average molecular weight is 344 g/mol. The van der Waals surface area contributed by atoms with Gasteiger partial charge in [0.25, 0.3) is 0 Å². The van der Waals surface area contributed by atoms with Crippen LogP contribution in [0.3, 0.4) is 0 Å². The Bertz CT molecular complexity index is 375. The highest BCUT2D eigenvalue weighted by atomic mass is 79.9. The van der Waals surface area contributed by atoms with E-state index in [9.17, 15) is 0 Å². The van der Waals surface area contributed by atoms with Crippen molar-refractivity contribution in [3.63, 3.8) is 0 Å². The van der Waals surface area contributed by atoms with Crippen molar-refractivity contribution in [2.24, 2.45) is 17.8 Å². The van der Waals surface area contributed by atoms with Crippen molar-refractivity contribution in [1.82, 2.24) is 5.32 Å². The molecule has 0 amide bonds. The van der Waals surface area contributed by atoms with E-state index < -0.39 is 0 Å². The van der Waals surface area contributed by atoms with Gasteiger partial charge in [0.05, 0.1) is 0 Å². The summed E-state index contributed by atoms with van der Waals surface area (Å²) in [5.41, 5.74) is 0. The average Bonchev–Trinajstić information content (AvgIpc) is 2.77. The lowest BCUT2D eigenvalue weighted by Crippen LogP contribution is -2.33. The molecule has 108 valence electrons. The smallest absolute Gasteiger partial charge is 0.0285 e. The topological polar surface area (TPSA) is 12.0 Å². The van der Waals surface area contributed by atoms with Gasteiger partial charge in [-0.3, -0.25) is 0 Å². The fraction of sp³-hybridized carbons (Fsp3) is 0.750. The van der Waals surface area contributed by atoms with E-state index in [-0.39, 0.29) is 0 Å². The quantitative estimate of drug-likeness (QED) is 0.757. The van der Waals surface area contributed by atoms with Crippen LogP contribution >= 0.6 is 27.3 Å². The molecule has 2 unspecified atom stereocenters. The molecule has 1 aromatic heterocycles. The molecule has 0 aliphatic heterocycles. The largest absolute Gasteiger partial charge is 0.316 e. The summed E-state index contributed by atoms with van der Waals surface area (Å²) in [6, 6.07) is 2.30. The van der Waals surface area contributed by atoms with Gasteiger partial charge in [-0.25, -0.2) is 0 Å². The van der Waals surface area contributed by atoms with Crippen LogP contribution in [-0.4, -0.2) is 13.1 Å². The molecule has 0 saturated heterocycles. The Morgan fingerprint density at radius 2 is 2.05 bits per heavy atom. The van der Waals surface area contributed by atoms with Gasteiger partial charge < -0.3 is 5.32 Å². The molecular weight excluding hydrogens is 318 g/mol. The first kappa shape index (κ1) is 15.5. The fourth-order valence-electron chi connectivity index (χ4n) is 3.10. The van der Waals surface area contributed by atoms with Crippen molar-refractivity contribution in [2.75, 3.05) is 13.1 Å². The second-order valence-electron chi connectivity index (χ2n) is 6.29. The summed E-state index contributed by atoms with van der Waals surface area (Å²) < 4.78 is 1.25. The van der Waals surface area contributed by atoms with Crippen LogP contribution < -0.4 is 5.32 Å². The molecule has 1 heterocycles. The third-order valence-electron chi connectivity index (χ3n) is 4.11. The van der Waals surface area contributed by atoms with E-state index in [4.69, 9.17) is 0 Å². The van der Waals surface area contributed by atoms with E-state index in [0.717, 1.165) is 24.3 Å². The van der Waals surface area contributed by atoms with Gasteiger partial charge >= 0.3 is 0 Å². The maximum absolute atomic E-state index is 3.67. The second kappa shape index (κ2) is 7.80. The minimum Gasteiger partial charge on any atom is -0.316 e. The van der Waals surface area contributed by atoms with Crippen molar-refractivity contribution in [1.29, 1.82) is 0 Å². The third-order valence-corrected chi connectivity index (χ3v) is 5.83. The predicted molar refractivity (Wildman–Crippen MR) is 88.9 cm³/mol. The number of halogens is 1. The number of hydrogen-bond acceptors (Lipinski definition) is 2. The van der Waals surface area contributed by atoms with Crippen molar-refractivity contribution in [3.8, 4) is 0 Å². The van der Waals surface area contributed by atoms with Gasteiger partial charge in [0, 0.05) is 14.7 Å². The van der Waals surface area contributed by atoms with Crippen LogP contribution in [0.5, 0.6) is 0 Å². The van der Waals surface area contributed by atoms with E-state index >= 15 is 0 Å². The minimum absolute atomic E-state index is 0.760. The number of hydrogen-bond donors (Lipinski definition) is 1. The summed E-state index contributed by atoms with van der Waals surface area (Å²) in [7, 11) is 0. The molecule has 1 nitrogen and oxygen atoms in total. The van der Waals surface area contributed by atoms with Crippen LogP contribution in [0.2, 0.25) is 0 Å². The first-order valence-corrected chi connectivity index (χ1v) is 9.26. The number of nitrogens with one attached hydrogen (secondary N) is 1. The maximum Gasteiger partial charge on any atom is 0.0285 e. The van der Waals surface area contributed by atoms with Gasteiger partial charge in [-0.05, 0) is 72.1 Å². The van der Waals surface area contributed by atoms with Crippen LogP contribution in [0.4, 0.5) is 0 Å². The lowest BCUT2D eigenvalue weighted by atomic mass is 9.77. The van der Waals surface area contributed by atoms with Crippen LogP contribution in [0, 0.1) is 17.8 Å². The Balaban J connectivity index is 1.84. The molecule has 1 fully saturated rings. The van der Waals surface area contributed by atoms with Gasteiger partial charge in [-0.15, -0.1) is 11.3 Å². The van der Waals surface area contributed by atoms with E-state index in [0.29, 0.717) is 0 Å². The van der Waals surface area contributed by atoms with Crippen molar-refractivity contribution >= 4 is 27.3 Å². The van der Waals surface area contributed by atoms with Gasteiger partial charge in [0.15, 0.2) is 0 Å². The molecule has 0 spiro atoms. The summed E-state index contributed by atoms with van der Waals surface area (Å²) >= 11 is 5.47. The molecule has 0 radical (unpaired) electrons. The van der Waals surface area contributed by atoms with Crippen LogP contribution in [0.25, 0.3) is 0 Å². The van der Waals surface area contributed by atoms with E-state index in [1.54, 1.807) is 4.88 Å². The minimum atomic E-state index is 0.760. The molecule has 0 bridgehead atoms. The molecule has 3 heteroatoms. The van der Waals surface area contributed by atoms with E-state index in [1.165, 1.54) is 43.1 Å². The van der Waals surface area contributed by atoms with Crippen molar-refractivity contribution in [3.05, 3.63) is 20.8 Å². The zero-order chi connectivity index (χ0) is 13.7. The van der Waals surface area contributed by atoms with E-state index in [2.05, 4.69) is 46.5 Å². The summed E-state index contributed by atoms with van der Waals surface area (Å²) in [6.07, 6.45) is 6.98. The Hall–Kier alpha value is 0.140. The fourth-order valence-corrected chi connectivity index (χ4v) is 4.64. The lowest BCUT2D eigenvalue weighted by Gasteiger charge is -2.32. The molecule has 0 aromatic carbocycles. The van der Waals surface area contributed by atoms with Crippen LogP contribution in [0.15, 0.2) is 15.9 Å². The van der Waals surface area contributed by atoms with Crippen LogP contribution in [-0.2, 0) is 6.42 Å². The molecule has 19 heavy (non-hydrogen) atoms. The van der Waals surface area contributed by atoms with Gasteiger partial charge in [-0.1, -0.05) is 26.7 Å².